The Morgan fingerprint density at radius 2 is 2.08 bits per heavy atom. The molecule has 0 saturated heterocycles. The predicted octanol–water partition coefficient (Wildman–Crippen LogP) is 3.02. The van der Waals surface area contributed by atoms with Gasteiger partial charge in [0.15, 0.2) is 6.61 Å². The second-order valence-corrected chi connectivity index (χ2v) is 6.73. The van der Waals surface area contributed by atoms with Gasteiger partial charge in [0.25, 0.3) is 5.91 Å². The number of carbonyl (C=O) groups is 2. The third-order valence-electron chi connectivity index (χ3n) is 4.02. The van der Waals surface area contributed by atoms with Crippen molar-refractivity contribution in [2.75, 3.05) is 6.61 Å². The molecule has 2 N–H and O–H groups in total. The predicted molar refractivity (Wildman–Crippen MR) is 91.7 cm³/mol. The summed E-state index contributed by atoms with van der Waals surface area (Å²) in [4.78, 5) is 24.3. The second kappa shape index (κ2) is 7.49. The van der Waals surface area contributed by atoms with Crippen molar-refractivity contribution in [2.45, 2.75) is 32.2 Å². The summed E-state index contributed by atoms with van der Waals surface area (Å²) in [5, 5.41) is 13.5. The summed E-state index contributed by atoms with van der Waals surface area (Å²) < 4.78 is 5.15. The van der Waals surface area contributed by atoms with Crippen LogP contribution in [0.5, 0.6) is 5.75 Å². The maximum atomic E-state index is 12.4. The van der Waals surface area contributed by atoms with Gasteiger partial charge >= 0.3 is 5.97 Å². The zero-order valence-corrected chi connectivity index (χ0v) is 14.0. The number of hydrogen-bond donors (Lipinski definition) is 2. The molecule has 3 rings (SSSR count). The fourth-order valence-corrected chi connectivity index (χ4v) is 3.98. The van der Waals surface area contributed by atoms with Crippen LogP contribution in [0.1, 0.15) is 39.2 Å². The zero-order valence-electron chi connectivity index (χ0n) is 13.2. The summed E-state index contributed by atoms with van der Waals surface area (Å²) in [6.07, 6.45) is 4.42. The summed E-state index contributed by atoms with van der Waals surface area (Å²) in [5.74, 6) is -0.584. The van der Waals surface area contributed by atoms with Gasteiger partial charge in [-0.25, -0.2) is 4.79 Å². The van der Waals surface area contributed by atoms with Gasteiger partial charge in [0.2, 0.25) is 0 Å². The number of fused-ring (bicyclic) bond motifs is 1. The average Bonchev–Trinajstić information content (AvgIpc) is 3.02. The first kappa shape index (κ1) is 16.5. The number of carbonyl (C=O) groups excluding carboxylic acids is 1. The number of thiophene rings is 1. The minimum absolute atomic E-state index is 0.0498. The van der Waals surface area contributed by atoms with E-state index in [0.717, 1.165) is 30.4 Å². The maximum absolute atomic E-state index is 12.4. The maximum Gasteiger partial charge on any atom is 0.341 e. The molecule has 0 atom stereocenters. The Balaban J connectivity index is 1.61. The number of aryl methyl sites for hydroxylation is 1. The average molecular weight is 345 g/mol. The Hall–Kier alpha value is -2.34. The molecule has 24 heavy (non-hydrogen) atoms. The van der Waals surface area contributed by atoms with Gasteiger partial charge in [-0.15, -0.1) is 11.3 Å². The van der Waals surface area contributed by atoms with Gasteiger partial charge in [-0.05, 0) is 48.9 Å². The van der Waals surface area contributed by atoms with E-state index < -0.39 is 5.97 Å². The van der Waals surface area contributed by atoms with Crippen molar-refractivity contribution in [1.29, 1.82) is 0 Å². The molecule has 0 saturated carbocycles. The molecule has 126 valence electrons. The number of hydrogen-bond acceptors (Lipinski definition) is 4. The van der Waals surface area contributed by atoms with Crippen molar-refractivity contribution in [3.63, 3.8) is 0 Å². The fraction of sp³-hybridized carbons (Fsp3) is 0.333. The van der Waals surface area contributed by atoms with Crippen molar-refractivity contribution in [2.24, 2.45) is 0 Å². The first-order chi connectivity index (χ1) is 11.6. The van der Waals surface area contributed by atoms with Crippen LogP contribution in [-0.4, -0.2) is 23.6 Å². The molecule has 0 radical (unpaired) electrons. The molecule has 1 aromatic heterocycles. The van der Waals surface area contributed by atoms with E-state index in [1.54, 1.807) is 29.5 Å². The molecule has 5 nitrogen and oxygen atoms in total. The van der Waals surface area contributed by atoms with Crippen LogP contribution in [0.25, 0.3) is 0 Å². The molecule has 2 aromatic rings. The van der Waals surface area contributed by atoms with Crippen LogP contribution >= 0.6 is 11.3 Å². The summed E-state index contributed by atoms with van der Waals surface area (Å²) >= 11 is 1.68. The highest BCUT2D eigenvalue weighted by Gasteiger charge is 2.19. The van der Waals surface area contributed by atoms with Crippen LogP contribution in [-0.2, 0) is 24.2 Å². The molecule has 0 spiro atoms. The Kier molecular flexibility index (Phi) is 5.15. The summed E-state index contributed by atoms with van der Waals surface area (Å²) in [6, 6.07) is 7.10. The Bertz CT molecular complexity index is 753. The highest BCUT2D eigenvalue weighted by Crippen LogP contribution is 2.30. The van der Waals surface area contributed by atoms with Crippen molar-refractivity contribution in [1.82, 2.24) is 5.32 Å². The van der Waals surface area contributed by atoms with Crippen LogP contribution in [0, 0.1) is 0 Å². The monoisotopic (exact) mass is 345 g/mol. The highest BCUT2D eigenvalue weighted by atomic mass is 32.1. The third kappa shape index (κ3) is 3.94. The molecule has 6 heteroatoms. The summed E-state index contributed by atoms with van der Waals surface area (Å²) in [5.41, 5.74) is 2.88. The van der Waals surface area contributed by atoms with Gasteiger partial charge < -0.3 is 15.2 Å². The van der Waals surface area contributed by atoms with Crippen LogP contribution < -0.4 is 10.1 Å². The Morgan fingerprint density at radius 3 is 2.92 bits per heavy atom. The molecular weight excluding hydrogens is 326 g/mol. The zero-order chi connectivity index (χ0) is 16.9. The summed E-state index contributed by atoms with van der Waals surface area (Å²) in [6.45, 7) is 0.00454. The van der Waals surface area contributed by atoms with Crippen molar-refractivity contribution >= 4 is 23.2 Å². The normalized spacial score (nSPS) is 13.2. The molecular formula is C18H19NO4S. The van der Waals surface area contributed by atoms with E-state index in [4.69, 9.17) is 9.84 Å². The highest BCUT2D eigenvalue weighted by molar-refractivity contribution is 7.10. The molecule has 1 aliphatic rings. The molecule has 0 fully saturated rings. The number of benzene rings is 1. The van der Waals surface area contributed by atoms with E-state index in [1.165, 1.54) is 16.9 Å². The fourth-order valence-electron chi connectivity index (χ4n) is 2.85. The van der Waals surface area contributed by atoms with Crippen molar-refractivity contribution in [3.05, 3.63) is 51.2 Å². The molecule has 1 heterocycles. The Labute approximate surface area is 144 Å². The van der Waals surface area contributed by atoms with E-state index in [9.17, 15) is 9.59 Å². The summed E-state index contributed by atoms with van der Waals surface area (Å²) in [7, 11) is 0. The van der Waals surface area contributed by atoms with Crippen LogP contribution in [0.4, 0.5) is 0 Å². The van der Waals surface area contributed by atoms with Gasteiger partial charge in [0.1, 0.15) is 5.75 Å². The standard InChI is InChI=1S/C18H19NO4S/c20-17(21)10-23-13-5-3-4-12(8-13)9-19-18(22)15-11-24-16-7-2-1-6-14(15)16/h3-5,8,11H,1-2,6-7,9-10H2,(H,19,22)(H,20,21). The molecule has 0 aliphatic heterocycles. The molecule has 0 bridgehead atoms. The van der Waals surface area contributed by atoms with E-state index >= 15 is 0 Å². The van der Waals surface area contributed by atoms with Gasteiger partial charge in [-0.2, -0.15) is 0 Å². The lowest BCUT2D eigenvalue weighted by Crippen LogP contribution is -2.23. The number of nitrogens with one attached hydrogen (secondary N) is 1. The second-order valence-electron chi connectivity index (χ2n) is 5.77. The lowest BCUT2D eigenvalue weighted by atomic mass is 9.95. The smallest absolute Gasteiger partial charge is 0.341 e. The number of aliphatic carboxylic acids is 1. The van der Waals surface area contributed by atoms with Gasteiger partial charge in [0, 0.05) is 16.8 Å². The third-order valence-corrected chi connectivity index (χ3v) is 5.11. The van der Waals surface area contributed by atoms with Crippen molar-refractivity contribution in [3.8, 4) is 5.75 Å². The Morgan fingerprint density at radius 1 is 1.25 bits per heavy atom. The largest absolute Gasteiger partial charge is 0.482 e. The van der Waals surface area contributed by atoms with Crippen LogP contribution in [0.3, 0.4) is 0 Å². The molecule has 1 aliphatic carbocycles. The number of rotatable bonds is 6. The van der Waals surface area contributed by atoms with Crippen LogP contribution in [0.15, 0.2) is 29.6 Å². The molecule has 1 amide bonds. The van der Waals surface area contributed by atoms with E-state index in [-0.39, 0.29) is 12.5 Å². The molecule has 0 unspecified atom stereocenters. The van der Waals surface area contributed by atoms with Gasteiger partial charge in [0.05, 0.1) is 5.56 Å². The first-order valence-corrected chi connectivity index (χ1v) is 8.82. The SMILES string of the molecule is O=C(O)COc1cccc(CNC(=O)c2csc3c2CCCC3)c1. The van der Waals surface area contributed by atoms with Crippen molar-refractivity contribution < 1.29 is 19.4 Å². The lowest BCUT2D eigenvalue weighted by molar-refractivity contribution is -0.139. The number of carboxylic acids is 1. The topological polar surface area (TPSA) is 75.6 Å². The first-order valence-electron chi connectivity index (χ1n) is 7.94. The lowest BCUT2D eigenvalue weighted by Gasteiger charge is -2.13. The number of ether oxygens (including phenoxy) is 1. The van der Waals surface area contributed by atoms with E-state index in [0.29, 0.717) is 12.3 Å². The molecule has 1 aromatic carbocycles. The quantitative estimate of drug-likeness (QED) is 0.844. The van der Waals surface area contributed by atoms with Crippen LogP contribution in [0.2, 0.25) is 0 Å². The van der Waals surface area contributed by atoms with E-state index in [1.807, 2.05) is 11.4 Å². The number of carboxylic acid groups (broad SMARTS) is 1. The minimum atomic E-state index is -1.02. The van der Waals surface area contributed by atoms with E-state index in [2.05, 4.69) is 5.32 Å². The van der Waals surface area contributed by atoms with Gasteiger partial charge in [-0.3, -0.25) is 4.79 Å². The minimum Gasteiger partial charge on any atom is -0.482 e. The van der Waals surface area contributed by atoms with Gasteiger partial charge in [-0.1, -0.05) is 12.1 Å². The number of amides is 1.